The van der Waals surface area contributed by atoms with Gasteiger partial charge in [0.05, 0.1) is 0 Å². The molecule has 116 valence electrons. The highest BCUT2D eigenvalue weighted by Gasteiger charge is 2.13. The summed E-state index contributed by atoms with van der Waals surface area (Å²) >= 11 is 0. The maximum absolute atomic E-state index is 11.3. The van der Waals surface area contributed by atoms with E-state index in [1.165, 1.54) is 17.7 Å². The summed E-state index contributed by atoms with van der Waals surface area (Å²) in [5, 5.41) is 12.7. The smallest absolute Gasteiger partial charge is 0.225 e. The molecule has 4 heteroatoms. The van der Waals surface area contributed by atoms with E-state index in [-0.39, 0.29) is 5.75 Å². The molecule has 2 rings (SSSR count). The quantitative estimate of drug-likeness (QED) is 0.599. The first-order chi connectivity index (χ1) is 10.5. The number of benzene rings is 1. The number of ketones is 2. The number of carbonyl (C=O) groups is 2. The van der Waals surface area contributed by atoms with Gasteiger partial charge in [-0.2, -0.15) is 0 Å². The van der Waals surface area contributed by atoms with Gasteiger partial charge in [-0.25, -0.2) is 0 Å². The second-order valence-corrected chi connectivity index (χ2v) is 5.59. The van der Waals surface area contributed by atoms with Gasteiger partial charge in [-0.3, -0.25) is 9.59 Å². The molecule has 1 aromatic carbocycles. The third-order valence-corrected chi connectivity index (χ3v) is 3.72. The van der Waals surface area contributed by atoms with Crippen molar-refractivity contribution in [2.45, 2.75) is 32.2 Å². The SMILES string of the molecule is C[C@@H](CCc1ccc(O)cc1)NCCC1=CC(=O)C(=O)C=C1. The van der Waals surface area contributed by atoms with E-state index in [1.807, 2.05) is 12.1 Å². The summed E-state index contributed by atoms with van der Waals surface area (Å²) in [6, 6.07) is 7.63. The molecule has 0 bridgehead atoms. The van der Waals surface area contributed by atoms with Crippen LogP contribution in [0.5, 0.6) is 5.75 Å². The van der Waals surface area contributed by atoms with E-state index in [4.69, 9.17) is 0 Å². The predicted molar refractivity (Wildman–Crippen MR) is 85.7 cm³/mol. The molecule has 0 radical (unpaired) electrons. The van der Waals surface area contributed by atoms with E-state index in [0.717, 1.165) is 31.4 Å². The Morgan fingerprint density at radius 1 is 1.05 bits per heavy atom. The summed E-state index contributed by atoms with van der Waals surface area (Å²) in [6.45, 7) is 2.90. The Morgan fingerprint density at radius 3 is 2.45 bits per heavy atom. The second-order valence-electron chi connectivity index (χ2n) is 5.59. The number of phenolic OH excluding ortho intramolecular Hbond substituents is 1. The fourth-order valence-electron chi connectivity index (χ4n) is 2.32. The Labute approximate surface area is 130 Å². The van der Waals surface area contributed by atoms with Crippen molar-refractivity contribution < 1.29 is 14.7 Å². The molecule has 0 spiro atoms. The van der Waals surface area contributed by atoms with Crippen LogP contribution < -0.4 is 5.32 Å². The molecule has 1 atom stereocenters. The van der Waals surface area contributed by atoms with Gasteiger partial charge in [0.2, 0.25) is 11.6 Å². The van der Waals surface area contributed by atoms with Crippen LogP contribution in [-0.4, -0.2) is 29.3 Å². The number of hydrogen-bond acceptors (Lipinski definition) is 4. The number of nitrogens with one attached hydrogen (secondary N) is 1. The molecule has 0 aromatic heterocycles. The van der Waals surface area contributed by atoms with Crippen molar-refractivity contribution in [3.63, 3.8) is 0 Å². The fraction of sp³-hybridized carbons (Fsp3) is 0.333. The van der Waals surface area contributed by atoms with Gasteiger partial charge < -0.3 is 10.4 Å². The highest BCUT2D eigenvalue weighted by molar-refractivity contribution is 6.46. The van der Waals surface area contributed by atoms with Crippen LogP contribution in [0.4, 0.5) is 0 Å². The van der Waals surface area contributed by atoms with Crippen LogP contribution >= 0.6 is 0 Å². The van der Waals surface area contributed by atoms with Gasteiger partial charge in [-0.05, 0) is 68.2 Å². The van der Waals surface area contributed by atoms with E-state index in [2.05, 4.69) is 12.2 Å². The molecule has 1 aromatic rings. The van der Waals surface area contributed by atoms with Crippen LogP contribution in [0.3, 0.4) is 0 Å². The molecule has 22 heavy (non-hydrogen) atoms. The Bertz CT molecular complexity index is 599. The van der Waals surface area contributed by atoms with Crippen molar-refractivity contribution in [1.82, 2.24) is 5.32 Å². The minimum Gasteiger partial charge on any atom is -0.508 e. The first kappa shape index (κ1) is 16.2. The third-order valence-electron chi connectivity index (χ3n) is 3.72. The van der Waals surface area contributed by atoms with E-state index < -0.39 is 11.6 Å². The average molecular weight is 299 g/mol. The Kier molecular flexibility index (Phi) is 5.67. The average Bonchev–Trinajstić information content (AvgIpc) is 2.50. The van der Waals surface area contributed by atoms with Crippen LogP contribution in [0, 0.1) is 0 Å². The van der Waals surface area contributed by atoms with Crippen molar-refractivity contribution in [3.8, 4) is 5.75 Å². The highest BCUT2D eigenvalue weighted by atomic mass is 16.3. The second kappa shape index (κ2) is 7.71. The standard InChI is InChI=1S/C18H21NO3/c1-13(2-3-14-4-7-16(20)8-5-14)19-11-10-15-6-9-17(21)18(22)12-15/h4-9,12-13,19-20H,2-3,10-11H2,1H3/t13-/m0/s1. The molecular formula is C18H21NO3. The Hall–Kier alpha value is -2.20. The normalized spacial score (nSPS) is 15.8. The molecule has 0 amide bonds. The van der Waals surface area contributed by atoms with E-state index >= 15 is 0 Å². The lowest BCUT2D eigenvalue weighted by Crippen LogP contribution is -2.28. The minimum absolute atomic E-state index is 0.289. The molecule has 1 aliphatic carbocycles. The summed E-state index contributed by atoms with van der Waals surface area (Å²) in [5.41, 5.74) is 2.09. The summed E-state index contributed by atoms with van der Waals surface area (Å²) in [5.74, 6) is -0.589. The van der Waals surface area contributed by atoms with Gasteiger partial charge in [0.25, 0.3) is 0 Å². The maximum Gasteiger partial charge on any atom is 0.225 e. The number of carbonyl (C=O) groups excluding carboxylic acids is 2. The maximum atomic E-state index is 11.3. The van der Waals surface area contributed by atoms with E-state index in [9.17, 15) is 14.7 Å². The zero-order valence-corrected chi connectivity index (χ0v) is 12.7. The summed E-state index contributed by atoms with van der Waals surface area (Å²) < 4.78 is 0. The summed E-state index contributed by atoms with van der Waals surface area (Å²) in [7, 11) is 0. The van der Waals surface area contributed by atoms with Gasteiger partial charge in [0.1, 0.15) is 5.75 Å². The van der Waals surface area contributed by atoms with Crippen molar-refractivity contribution in [2.24, 2.45) is 0 Å². The number of aromatic hydroxyl groups is 1. The fourth-order valence-corrected chi connectivity index (χ4v) is 2.32. The number of hydrogen-bond donors (Lipinski definition) is 2. The van der Waals surface area contributed by atoms with Gasteiger partial charge in [0.15, 0.2) is 0 Å². The minimum atomic E-state index is -0.445. The first-order valence-corrected chi connectivity index (χ1v) is 7.53. The summed E-state index contributed by atoms with van der Waals surface area (Å²) in [6.07, 6.45) is 7.16. The molecule has 0 unspecified atom stereocenters. The summed E-state index contributed by atoms with van der Waals surface area (Å²) in [4.78, 5) is 22.3. The lowest BCUT2D eigenvalue weighted by atomic mass is 10.0. The lowest BCUT2D eigenvalue weighted by molar-refractivity contribution is -0.131. The van der Waals surface area contributed by atoms with Crippen LogP contribution in [0.2, 0.25) is 0 Å². The Morgan fingerprint density at radius 2 is 1.77 bits per heavy atom. The molecule has 0 heterocycles. The lowest BCUT2D eigenvalue weighted by Gasteiger charge is -2.14. The zero-order valence-electron chi connectivity index (χ0n) is 12.7. The van der Waals surface area contributed by atoms with Crippen LogP contribution in [0.25, 0.3) is 0 Å². The molecule has 2 N–H and O–H groups in total. The van der Waals surface area contributed by atoms with Crippen molar-refractivity contribution in [2.75, 3.05) is 6.54 Å². The van der Waals surface area contributed by atoms with Gasteiger partial charge in [0, 0.05) is 6.04 Å². The van der Waals surface area contributed by atoms with E-state index in [0.29, 0.717) is 6.04 Å². The molecule has 0 saturated heterocycles. The molecule has 1 aliphatic rings. The van der Waals surface area contributed by atoms with Gasteiger partial charge in [-0.15, -0.1) is 0 Å². The van der Waals surface area contributed by atoms with Crippen molar-refractivity contribution >= 4 is 11.6 Å². The Balaban J connectivity index is 1.68. The number of aryl methyl sites for hydroxylation is 1. The van der Waals surface area contributed by atoms with Crippen molar-refractivity contribution in [3.05, 3.63) is 53.6 Å². The third kappa shape index (κ3) is 4.97. The zero-order chi connectivity index (χ0) is 15.9. The van der Waals surface area contributed by atoms with Crippen LogP contribution in [0.1, 0.15) is 25.3 Å². The topological polar surface area (TPSA) is 66.4 Å². The first-order valence-electron chi connectivity index (χ1n) is 7.53. The largest absolute Gasteiger partial charge is 0.508 e. The number of phenols is 1. The molecule has 0 aliphatic heterocycles. The van der Waals surface area contributed by atoms with Crippen LogP contribution in [0.15, 0.2) is 48.1 Å². The molecular weight excluding hydrogens is 278 g/mol. The van der Waals surface area contributed by atoms with Gasteiger partial charge in [-0.1, -0.05) is 18.2 Å². The molecule has 0 fully saturated rings. The van der Waals surface area contributed by atoms with E-state index in [1.54, 1.807) is 18.2 Å². The molecule has 4 nitrogen and oxygen atoms in total. The monoisotopic (exact) mass is 299 g/mol. The molecule has 0 saturated carbocycles. The van der Waals surface area contributed by atoms with Gasteiger partial charge >= 0.3 is 0 Å². The number of allylic oxidation sites excluding steroid dienone is 3. The van der Waals surface area contributed by atoms with Crippen molar-refractivity contribution in [1.29, 1.82) is 0 Å². The highest BCUT2D eigenvalue weighted by Crippen LogP contribution is 2.12. The van der Waals surface area contributed by atoms with Crippen LogP contribution in [-0.2, 0) is 16.0 Å². The number of rotatable bonds is 7. The predicted octanol–water partition coefficient (Wildman–Crippen LogP) is 2.33.